The van der Waals surface area contributed by atoms with Gasteiger partial charge < -0.3 is 14.9 Å². The lowest BCUT2D eigenvalue weighted by Crippen LogP contribution is -2.47. The zero-order chi connectivity index (χ0) is 24.0. The SMILES string of the molecule is CC(C)(C)c1cc(OC[Si](C)(C)c2ccccc2)cc(C(C)(C)C)c1O.CCC(=O)O. The predicted molar refractivity (Wildman–Crippen MR) is 132 cm³/mol. The van der Waals surface area contributed by atoms with Gasteiger partial charge in [0.05, 0.1) is 6.23 Å². The van der Waals surface area contributed by atoms with Gasteiger partial charge in [0.2, 0.25) is 0 Å². The van der Waals surface area contributed by atoms with E-state index in [9.17, 15) is 9.90 Å². The third kappa shape index (κ3) is 8.06. The Hall–Kier alpha value is -2.27. The van der Waals surface area contributed by atoms with Gasteiger partial charge in [-0.05, 0) is 23.0 Å². The van der Waals surface area contributed by atoms with Crippen molar-refractivity contribution in [1.82, 2.24) is 0 Å². The van der Waals surface area contributed by atoms with E-state index in [-0.39, 0.29) is 17.3 Å². The molecule has 31 heavy (non-hydrogen) atoms. The van der Waals surface area contributed by atoms with E-state index < -0.39 is 14.0 Å². The lowest BCUT2D eigenvalue weighted by Gasteiger charge is -2.29. The molecule has 2 rings (SSSR count). The molecule has 0 saturated heterocycles. The van der Waals surface area contributed by atoms with E-state index in [4.69, 9.17) is 9.84 Å². The quantitative estimate of drug-likeness (QED) is 0.555. The van der Waals surface area contributed by atoms with Gasteiger partial charge in [0.25, 0.3) is 0 Å². The summed E-state index contributed by atoms with van der Waals surface area (Å²) in [4.78, 5) is 9.37. The average Bonchev–Trinajstić information content (AvgIpc) is 2.66. The molecule has 0 saturated carbocycles. The van der Waals surface area contributed by atoms with Crippen molar-refractivity contribution in [2.45, 2.75) is 78.8 Å². The molecule has 0 aliphatic carbocycles. The zero-order valence-corrected chi connectivity index (χ0v) is 21.7. The minimum Gasteiger partial charge on any atom is -0.507 e. The molecule has 2 aromatic carbocycles. The van der Waals surface area contributed by atoms with Gasteiger partial charge >= 0.3 is 5.97 Å². The van der Waals surface area contributed by atoms with Crippen LogP contribution < -0.4 is 9.92 Å². The molecule has 2 N–H and O–H groups in total. The van der Waals surface area contributed by atoms with Gasteiger partial charge in [0, 0.05) is 17.5 Å². The van der Waals surface area contributed by atoms with E-state index in [1.807, 2.05) is 12.1 Å². The number of rotatable bonds is 5. The normalized spacial score (nSPS) is 12.0. The molecule has 0 bridgehead atoms. The standard InChI is InChI=1S/C23H34O2Si.C3H6O2/c1-22(2,3)19-14-17(15-20(21(19)24)23(4,5)6)25-16-26(7,8)18-12-10-9-11-13-18;1-2-3(4)5/h9-15,24H,16H2,1-8H3;2H2,1H3,(H,4,5). The lowest BCUT2D eigenvalue weighted by atomic mass is 9.79. The molecule has 172 valence electrons. The summed E-state index contributed by atoms with van der Waals surface area (Å²) in [7, 11) is -1.69. The van der Waals surface area contributed by atoms with Crippen LogP contribution in [0.1, 0.15) is 66.0 Å². The van der Waals surface area contributed by atoms with Gasteiger partial charge in [0.15, 0.2) is 0 Å². The van der Waals surface area contributed by atoms with Gasteiger partial charge in [0.1, 0.15) is 19.6 Å². The Morgan fingerprint density at radius 1 is 0.935 bits per heavy atom. The maximum absolute atomic E-state index is 10.8. The fraction of sp³-hybridized carbons (Fsp3) is 0.500. The number of ether oxygens (including phenoxy) is 1. The molecule has 0 heterocycles. The van der Waals surface area contributed by atoms with Crippen LogP contribution in [0.4, 0.5) is 0 Å². The van der Waals surface area contributed by atoms with Crippen LogP contribution in [0.3, 0.4) is 0 Å². The number of aromatic hydroxyl groups is 1. The molecule has 0 unspecified atom stereocenters. The molecule has 5 heteroatoms. The molecule has 0 aliphatic heterocycles. The first kappa shape index (κ1) is 26.8. The number of hydrogen-bond donors (Lipinski definition) is 2. The molecule has 0 amide bonds. The minimum absolute atomic E-state index is 0.143. The van der Waals surface area contributed by atoms with E-state index in [0.717, 1.165) is 23.1 Å². The van der Waals surface area contributed by atoms with Crippen LogP contribution in [0.5, 0.6) is 11.5 Å². The average molecular weight is 445 g/mol. The lowest BCUT2D eigenvalue weighted by molar-refractivity contribution is -0.136. The van der Waals surface area contributed by atoms with Crippen LogP contribution >= 0.6 is 0 Å². The first-order valence-corrected chi connectivity index (χ1v) is 14.1. The van der Waals surface area contributed by atoms with Crippen LogP contribution in [0.15, 0.2) is 42.5 Å². The third-order valence-corrected chi connectivity index (χ3v) is 7.92. The Balaban J connectivity index is 0.000000861. The molecule has 0 aliphatic rings. The van der Waals surface area contributed by atoms with Gasteiger partial charge in [-0.2, -0.15) is 0 Å². The second-order valence-electron chi connectivity index (χ2n) is 10.7. The van der Waals surface area contributed by atoms with Gasteiger partial charge in [-0.1, -0.05) is 97.1 Å². The number of benzene rings is 2. The fourth-order valence-electron chi connectivity index (χ4n) is 3.07. The number of phenolic OH excluding ortho intramolecular Hbond substituents is 1. The van der Waals surface area contributed by atoms with Gasteiger partial charge in [-0.3, -0.25) is 4.79 Å². The molecular formula is C26H40O4Si. The second kappa shape index (κ2) is 10.4. The summed E-state index contributed by atoms with van der Waals surface area (Å²) in [6.45, 7) is 19.0. The van der Waals surface area contributed by atoms with Crippen molar-refractivity contribution in [3.8, 4) is 11.5 Å². The summed E-state index contributed by atoms with van der Waals surface area (Å²) in [6, 6.07) is 14.7. The summed E-state index contributed by atoms with van der Waals surface area (Å²) in [5.41, 5.74) is 1.60. The van der Waals surface area contributed by atoms with Crippen LogP contribution in [0, 0.1) is 0 Å². The van der Waals surface area contributed by atoms with Crippen molar-refractivity contribution in [1.29, 1.82) is 0 Å². The monoisotopic (exact) mass is 444 g/mol. The molecule has 0 atom stereocenters. The zero-order valence-electron chi connectivity index (χ0n) is 20.7. The maximum atomic E-state index is 10.8. The van der Waals surface area contributed by atoms with Crippen LogP contribution in [0.2, 0.25) is 13.1 Å². The van der Waals surface area contributed by atoms with Gasteiger partial charge in [-0.25, -0.2) is 0 Å². The van der Waals surface area contributed by atoms with E-state index in [1.54, 1.807) is 6.92 Å². The summed E-state index contributed by atoms with van der Waals surface area (Å²) >= 11 is 0. The largest absolute Gasteiger partial charge is 0.507 e. The maximum Gasteiger partial charge on any atom is 0.303 e. The summed E-state index contributed by atoms with van der Waals surface area (Å²) in [5.74, 6) is 0.510. The fourth-order valence-corrected chi connectivity index (χ4v) is 4.86. The highest BCUT2D eigenvalue weighted by Crippen LogP contribution is 2.41. The van der Waals surface area contributed by atoms with E-state index >= 15 is 0 Å². The van der Waals surface area contributed by atoms with E-state index in [2.05, 4.69) is 85.0 Å². The Bertz CT molecular complexity index is 824. The summed E-state index contributed by atoms with van der Waals surface area (Å²) in [5, 5.41) is 20.0. The number of carbonyl (C=O) groups is 1. The molecule has 2 aromatic rings. The number of phenols is 1. The van der Waals surface area contributed by atoms with Gasteiger partial charge in [-0.15, -0.1) is 0 Å². The Labute approximate surface area is 189 Å². The topological polar surface area (TPSA) is 66.8 Å². The second-order valence-corrected chi connectivity index (χ2v) is 15.3. The first-order chi connectivity index (χ1) is 14.1. The summed E-state index contributed by atoms with van der Waals surface area (Å²) < 4.78 is 6.30. The number of hydrogen-bond acceptors (Lipinski definition) is 3. The smallest absolute Gasteiger partial charge is 0.303 e. The third-order valence-electron chi connectivity index (χ3n) is 5.16. The molecule has 4 nitrogen and oxygen atoms in total. The van der Waals surface area contributed by atoms with Crippen molar-refractivity contribution in [2.24, 2.45) is 0 Å². The Kier molecular flexibility index (Phi) is 8.94. The molecule has 0 aromatic heterocycles. The first-order valence-electron chi connectivity index (χ1n) is 10.9. The molecule has 0 fully saturated rings. The minimum atomic E-state index is -1.69. The highest BCUT2D eigenvalue weighted by atomic mass is 28.3. The van der Waals surface area contributed by atoms with Crippen LogP contribution in [-0.4, -0.2) is 30.5 Å². The Morgan fingerprint density at radius 2 is 1.35 bits per heavy atom. The number of carboxylic acids is 1. The highest BCUT2D eigenvalue weighted by Gasteiger charge is 2.28. The summed E-state index contributed by atoms with van der Waals surface area (Å²) in [6.07, 6.45) is 0.939. The molecule has 0 radical (unpaired) electrons. The van der Waals surface area contributed by atoms with E-state index in [1.165, 1.54) is 5.19 Å². The predicted octanol–water partition coefficient (Wildman–Crippen LogP) is 6.00. The molecule has 0 spiro atoms. The number of aliphatic carboxylic acids is 1. The van der Waals surface area contributed by atoms with Crippen LogP contribution in [0.25, 0.3) is 0 Å². The van der Waals surface area contributed by atoms with Crippen molar-refractivity contribution in [2.75, 3.05) is 6.23 Å². The highest BCUT2D eigenvalue weighted by molar-refractivity contribution is 6.89. The molecular weight excluding hydrogens is 404 g/mol. The van der Waals surface area contributed by atoms with Crippen molar-refractivity contribution >= 4 is 19.2 Å². The number of carboxylic acid groups (broad SMARTS) is 1. The van der Waals surface area contributed by atoms with E-state index in [0.29, 0.717) is 5.75 Å². The Morgan fingerprint density at radius 3 is 1.71 bits per heavy atom. The van der Waals surface area contributed by atoms with Crippen molar-refractivity contribution in [3.63, 3.8) is 0 Å². The van der Waals surface area contributed by atoms with Crippen molar-refractivity contribution < 1.29 is 19.7 Å². The van der Waals surface area contributed by atoms with Crippen LogP contribution in [-0.2, 0) is 15.6 Å². The van der Waals surface area contributed by atoms with Crippen molar-refractivity contribution in [3.05, 3.63) is 53.6 Å².